The summed E-state index contributed by atoms with van der Waals surface area (Å²) < 4.78 is 33.4. The lowest BCUT2D eigenvalue weighted by Gasteiger charge is -2.31. The molecule has 72 heavy (non-hydrogen) atoms. The Labute approximate surface area is 439 Å². The van der Waals surface area contributed by atoms with Gasteiger partial charge < -0.3 is 28.4 Å². The maximum absolute atomic E-state index is 12.8. The zero-order valence-electron chi connectivity index (χ0n) is 46.7. The minimum Gasteiger partial charge on any atom is -0.465 e. The summed E-state index contributed by atoms with van der Waals surface area (Å²) in [6.45, 7) is 17.4. The Hall–Kier alpha value is -3.70. The van der Waals surface area contributed by atoms with Crippen molar-refractivity contribution < 1.29 is 57.2 Å². The lowest BCUT2D eigenvalue weighted by Crippen LogP contribution is -2.39. The van der Waals surface area contributed by atoms with Crippen LogP contribution in [-0.2, 0) is 57.2 Å². The molecule has 0 aromatic heterocycles. The average Bonchev–Trinajstić information content (AvgIpc) is 3.39. The third-order valence-corrected chi connectivity index (χ3v) is 14.3. The predicted molar refractivity (Wildman–Crippen MR) is 289 cm³/mol. The summed E-state index contributed by atoms with van der Waals surface area (Å²) in [5.74, 6) is -1.58. The molecule has 0 aliphatic carbocycles. The van der Waals surface area contributed by atoms with Crippen molar-refractivity contribution >= 4 is 35.8 Å². The van der Waals surface area contributed by atoms with Crippen molar-refractivity contribution in [2.45, 2.75) is 266 Å². The first kappa shape index (κ1) is 68.3. The minimum atomic E-state index is -0.817. The maximum Gasteiger partial charge on any atom is 0.330 e. The van der Waals surface area contributed by atoms with Crippen LogP contribution in [0.3, 0.4) is 0 Å². The molecule has 0 amide bonds. The van der Waals surface area contributed by atoms with E-state index in [9.17, 15) is 28.8 Å². The van der Waals surface area contributed by atoms with E-state index in [1.165, 1.54) is 103 Å². The van der Waals surface area contributed by atoms with Crippen molar-refractivity contribution in [1.82, 2.24) is 0 Å². The van der Waals surface area contributed by atoms with E-state index in [1.54, 1.807) is 0 Å². The van der Waals surface area contributed by atoms with Crippen LogP contribution in [0.2, 0.25) is 0 Å². The van der Waals surface area contributed by atoms with E-state index in [4.69, 9.17) is 28.4 Å². The van der Waals surface area contributed by atoms with Crippen LogP contribution >= 0.6 is 0 Å². The normalized spacial score (nSPS) is 13.2. The van der Waals surface area contributed by atoms with Gasteiger partial charge in [-0.1, -0.05) is 215 Å². The monoisotopic (exact) mass is 1020 g/mol. The number of unbranched alkanes of at least 4 members (excludes halogenated alkanes) is 23. The summed E-state index contributed by atoms with van der Waals surface area (Å²) in [5.41, 5.74) is -1.63. The second-order valence-electron chi connectivity index (χ2n) is 20.7. The molecule has 3 unspecified atom stereocenters. The van der Waals surface area contributed by atoms with Crippen LogP contribution in [-0.4, -0.2) is 75.5 Å². The fourth-order valence-electron chi connectivity index (χ4n) is 8.65. The molecule has 0 saturated carbocycles. The van der Waals surface area contributed by atoms with E-state index in [0.717, 1.165) is 102 Å². The third kappa shape index (κ3) is 38.9. The van der Waals surface area contributed by atoms with Crippen molar-refractivity contribution in [2.75, 3.05) is 39.6 Å². The Morgan fingerprint density at radius 2 is 0.583 bits per heavy atom. The van der Waals surface area contributed by atoms with Crippen LogP contribution in [0.5, 0.6) is 0 Å². The molecule has 0 rings (SSSR count). The molecule has 0 saturated heterocycles. The Morgan fingerprint density at radius 3 is 0.819 bits per heavy atom. The van der Waals surface area contributed by atoms with E-state index in [0.29, 0.717) is 44.4 Å². The molecule has 0 bridgehead atoms. The van der Waals surface area contributed by atoms with Gasteiger partial charge in [-0.25, -0.2) is 9.59 Å². The Morgan fingerprint density at radius 1 is 0.347 bits per heavy atom. The second kappa shape index (κ2) is 47.0. The van der Waals surface area contributed by atoms with Crippen molar-refractivity contribution in [3.63, 3.8) is 0 Å². The summed E-state index contributed by atoms with van der Waals surface area (Å²) in [6.07, 6.45) is 37.8. The van der Waals surface area contributed by atoms with Gasteiger partial charge in [-0.3, -0.25) is 19.2 Å². The first-order valence-electron chi connectivity index (χ1n) is 29.1. The first-order chi connectivity index (χ1) is 34.9. The average molecular weight is 1020 g/mol. The zero-order valence-corrected chi connectivity index (χ0v) is 46.7. The number of hydrogen-bond donors (Lipinski definition) is 0. The van der Waals surface area contributed by atoms with Gasteiger partial charge in [0, 0.05) is 37.8 Å². The predicted octanol–water partition coefficient (Wildman–Crippen LogP) is 15.3. The van der Waals surface area contributed by atoms with Crippen LogP contribution in [0.4, 0.5) is 0 Å². The van der Waals surface area contributed by atoms with E-state index < -0.39 is 22.8 Å². The molecule has 12 nitrogen and oxygen atoms in total. The molecule has 0 fully saturated rings. The van der Waals surface area contributed by atoms with Gasteiger partial charge >= 0.3 is 35.8 Å². The molecule has 0 spiro atoms. The summed E-state index contributed by atoms with van der Waals surface area (Å²) in [4.78, 5) is 74.5. The fraction of sp³-hybridized carbons (Fsp3) is 0.833. The topological polar surface area (TPSA) is 158 Å². The molecular weight excluding hydrogens is 913 g/mol. The van der Waals surface area contributed by atoms with Crippen LogP contribution in [0.15, 0.2) is 25.3 Å². The van der Waals surface area contributed by atoms with Crippen LogP contribution in [0.25, 0.3) is 0 Å². The highest BCUT2D eigenvalue weighted by Crippen LogP contribution is 2.28. The number of hydrogen-bond acceptors (Lipinski definition) is 12. The largest absolute Gasteiger partial charge is 0.465 e. The van der Waals surface area contributed by atoms with Crippen molar-refractivity contribution in [1.29, 1.82) is 0 Å². The lowest BCUT2D eigenvalue weighted by molar-refractivity contribution is -0.163. The van der Waals surface area contributed by atoms with Gasteiger partial charge in [-0.2, -0.15) is 0 Å². The summed E-state index contributed by atoms with van der Waals surface area (Å²) in [5, 5.41) is 0. The Balaban J connectivity index is 4.41. The van der Waals surface area contributed by atoms with E-state index in [-0.39, 0.29) is 63.5 Å². The molecule has 0 aliphatic rings. The van der Waals surface area contributed by atoms with Gasteiger partial charge in [-0.15, -0.1) is 0 Å². The van der Waals surface area contributed by atoms with E-state index >= 15 is 0 Å². The highest BCUT2D eigenvalue weighted by Gasteiger charge is 2.35. The summed E-state index contributed by atoms with van der Waals surface area (Å²) in [7, 11) is 0. The van der Waals surface area contributed by atoms with Crippen LogP contribution in [0, 0.1) is 16.7 Å². The minimum absolute atomic E-state index is 0.00885. The first-order valence-corrected chi connectivity index (χ1v) is 29.1. The van der Waals surface area contributed by atoms with E-state index in [2.05, 4.69) is 33.9 Å². The molecule has 0 aromatic carbocycles. The van der Waals surface area contributed by atoms with Crippen molar-refractivity contribution in [2.24, 2.45) is 16.7 Å². The smallest absolute Gasteiger partial charge is 0.330 e. The van der Waals surface area contributed by atoms with E-state index in [1.807, 2.05) is 13.8 Å². The molecule has 3 atom stereocenters. The van der Waals surface area contributed by atoms with Gasteiger partial charge in [0.15, 0.2) is 0 Å². The number of carbonyl (C=O) groups excluding carboxylic acids is 6. The molecule has 0 heterocycles. The second-order valence-corrected chi connectivity index (χ2v) is 20.7. The number of carbonyl (C=O) groups is 6. The van der Waals surface area contributed by atoms with Gasteiger partial charge in [-0.05, 0) is 44.4 Å². The van der Waals surface area contributed by atoms with Gasteiger partial charge in [0.2, 0.25) is 0 Å². The highest BCUT2D eigenvalue weighted by molar-refractivity contribution is 5.81. The molecule has 0 aromatic rings. The number of rotatable bonds is 52. The van der Waals surface area contributed by atoms with Gasteiger partial charge in [0.05, 0.1) is 10.8 Å². The summed E-state index contributed by atoms with van der Waals surface area (Å²) in [6, 6.07) is 0. The fourth-order valence-corrected chi connectivity index (χ4v) is 8.65. The molecular formula is C60H106O12. The van der Waals surface area contributed by atoms with Crippen molar-refractivity contribution in [3.05, 3.63) is 25.3 Å². The molecule has 0 radical (unpaired) electrons. The lowest BCUT2D eigenvalue weighted by atomic mass is 9.88. The highest BCUT2D eigenvalue weighted by atomic mass is 16.6. The Bertz CT molecular complexity index is 1430. The molecule has 0 aliphatic heterocycles. The zero-order chi connectivity index (χ0) is 53.4. The van der Waals surface area contributed by atoms with Gasteiger partial charge in [0.1, 0.15) is 39.6 Å². The number of esters is 6. The molecule has 0 N–H and O–H groups in total. The van der Waals surface area contributed by atoms with Crippen LogP contribution in [0.1, 0.15) is 266 Å². The quantitative estimate of drug-likeness (QED) is 0.0246. The van der Waals surface area contributed by atoms with Gasteiger partial charge in [0.25, 0.3) is 0 Å². The van der Waals surface area contributed by atoms with Crippen LogP contribution < -0.4 is 0 Å². The standard InChI is InChI=1S/C60H106O12/c1-8-15-17-19-21-25-29-36-42-55(63)69-48-59(13-6,46-67-53(61)11-4)49-71-57(65)44-38-31-27-23-24-28-34-40-52(10-3)41-35-32-33-39-45-58(66)72-51-60(14-7,47-68-54(62)12-5)50-70-56(64)43-37-30-26-22-20-18-16-9-2/h11-12,52H,4-5,8-10,13-51H2,1-3,6-7H3. The van der Waals surface area contributed by atoms with Crippen molar-refractivity contribution in [3.8, 4) is 0 Å². The third-order valence-electron chi connectivity index (χ3n) is 14.3. The molecule has 12 heteroatoms. The summed E-state index contributed by atoms with van der Waals surface area (Å²) >= 11 is 0. The Kier molecular flexibility index (Phi) is 44.6. The number of ether oxygens (including phenoxy) is 6. The molecule has 418 valence electrons. The maximum atomic E-state index is 12.8. The SMILES string of the molecule is C=CC(=O)OCC(CC)(COC(=O)CCCCCCCCCC)COC(=O)CCCCCCCCCC(CC)CCCCCCC(=O)OCC(CC)(COC(=O)C=C)COC(=O)CCCCCCCCCC.